The molecular weight excluding hydrogens is 215 g/mol. The highest BCUT2D eigenvalue weighted by atomic mass is 19.1. The van der Waals surface area contributed by atoms with Gasteiger partial charge in [0.15, 0.2) is 0 Å². The Morgan fingerprint density at radius 3 is 2.59 bits per heavy atom. The summed E-state index contributed by atoms with van der Waals surface area (Å²) in [5.74, 6) is -0.221. The molecule has 1 atom stereocenters. The molecule has 0 aliphatic rings. The summed E-state index contributed by atoms with van der Waals surface area (Å²) in [6.07, 6.45) is 3.20. The molecule has 0 aromatic heterocycles. The van der Waals surface area contributed by atoms with Crippen molar-refractivity contribution in [2.75, 3.05) is 17.2 Å². The van der Waals surface area contributed by atoms with Gasteiger partial charge in [0.1, 0.15) is 5.82 Å². The molecule has 0 saturated heterocycles. The Morgan fingerprint density at radius 2 is 2.06 bits per heavy atom. The van der Waals surface area contributed by atoms with Crippen LogP contribution < -0.4 is 10.6 Å². The Bertz CT molecular complexity index is 352. The number of unbranched alkanes of at least 4 members (excludes halogenated alkanes) is 1. The molecule has 1 unspecified atom stereocenters. The standard InChI is InChI=1S/C14H23FN2/c1-4-6-9-17(11(3)5-2)14-8-7-12(16)10-13(14)15/h7-8,10-11H,4-6,9,16H2,1-3H3. The van der Waals surface area contributed by atoms with Gasteiger partial charge in [0.25, 0.3) is 0 Å². The molecule has 2 N–H and O–H groups in total. The third kappa shape index (κ3) is 3.62. The zero-order valence-electron chi connectivity index (χ0n) is 11.0. The molecule has 2 nitrogen and oxygen atoms in total. The predicted octanol–water partition coefficient (Wildman–Crippen LogP) is 3.81. The van der Waals surface area contributed by atoms with Crippen molar-refractivity contribution in [1.82, 2.24) is 0 Å². The van der Waals surface area contributed by atoms with Gasteiger partial charge in [0.2, 0.25) is 0 Å². The molecule has 0 aliphatic carbocycles. The lowest BCUT2D eigenvalue weighted by Gasteiger charge is -2.31. The molecule has 0 fully saturated rings. The number of anilines is 2. The Balaban J connectivity index is 2.95. The maximum atomic E-state index is 13.9. The molecule has 0 spiro atoms. The summed E-state index contributed by atoms with van der Waals surface area (Å²) >= 11 is 0. The zero-order chi connectivity index (χ0) is 12.8. The summed E-state index contributed by atoms with van der Waals surface area (Å²) in [7, 11) is 0. The van der Waals surface area contributed by atoms with Crippen LogP contribution in [0.2, 0.25) is 0 Å². The van der Waals surface area contributed by atoms with Crippen LogP contribution in [0.25, 0.3) is 0 Å². The first-order valence-corrected chi connectivity index (χ1v) is 6.41. The van der Waals surface area contributed by atoms with Crippen LogP contribution in [-0.4, -0.2) is 12.6 Å². The summed E-state index contributed by atoms with van der Waals surface area (Å²) < 4.78 is 13.9. The number of nitrogen functional groups attached to an aromatic ring is 1. The second kappa shape index (κ2) is 6.48. The molecule has 1 aromatic rings. The van der Waals surface area contributed by atoms with Crippen LogP contribution in [0.5, 0.6) is 0 Å². The molecule has 0 amide bonds. The fraction of sp³-hybridized carbons (Fsp3) is 0.571. The van der Waals surface area contributed by atoms with Crippen LogP contribution in [-0.2, 0) is 0 Å². The third-order valence-corrected chi connectivity index (χ3v) is 3.16. The van der Waals surface area contributed by atoms with Crippen molar-refractivity contribution in [1.29, 1.82) is 0 Å². The average molecular weight is 238 g/mol. The van der Waals surface area contributed by atoms with Crippen molar-refractivity contribution in [3.05, 3.63) is 24.0 Å². The van der Waals surface area contributed by atoms with Crippen molar-refractivity contribution in [2.45, 2.75) is 46.1 Å². The molecule has 0 radical (unpaired) electrons. The number of benzene rings is 1. The molecule has 0 bridgehead atoms. The summed E-state index contributed by atoms with van der Waals surface area (Å²) in [5.41, 5.74) is 6.72. The maximum absolute atomic E-state index is 13.9. The quantitative estimate of drug-likeness (QED) is 0.763. The Morgan fingerprint density at radius 1 is 1.35 bits per heavy atom. The number of halogens is 1. The van der Waals surface area contributed by atoms with E-state index in [1.165, 1.54) is 6.07 Å². The first-order valence-electron chi connectivity index (χ1n) is 6.41. The lowest BCUT2D eigenvalue weighted by atomic mass is 10.1. The van der Waals surface area contributed by atoms with Crippen molar-refractivity contribution in [3.8, 4) is 0 Å². The van der Waals surface area contributed by atoms with Gasteiger partial charge < -0.3 is 10.6 Å². The van der Waals surface area contributed by atoms with Crippen molar-refractivity contribution >= 4 is 11.4 Å². The van der Waals surface area contributed by atoms with E-state index in [2.05, 4.69) is 25.7 Å². The Labute approximate surface area is 104 Å². The highest BCUT2D eigenvalue weighted by molar-refractivity contribution is 5.55. The highest BCUT2D eigenvalue weighted by Crippen LogP contribution is 2.24. The Hall–Kier alpha value is -1.25. The number of hydrogen-bond acceptors (Lipinski definition) is 2. The van der Waals surface area contributed by atoms with Gasteiger partial charge in [-0.3, -0.25) is 0 Å². The minimum absolute atomic E-state index is 0.221. The number of nitrogens with two attached hydrogens (primary N) is 1. The molecule has 17 heavy (non-hydrogen) atoms. The van der Waals surface area contributed by atoms with E-state index in [4.69, 9.17) is 5.73 Å². The van der Waals surface area contributed by atoms with E-state index in [1.807, 2.05) is 0 Å². The molecule has 96 valence electrons. The van der Waals surface area contributed by atoms with Crippen LogP contribution >= 0.6 is 0 Å². The van der Waals surface area contributed by atoms with E-state index < -0.39 is 0 Å². The largest absolute Gasteiger partial charge is 0.399 e. The zero-order valence-corrected chi connectivity index (χ0v) is 11.0. The van der Waals surface area contributed by atoms with Crippen LogP contribution in [0.15, 0.2) is 18.2 Å². The van der Waals surface area contributed by atoms with E-state index in [0.29, 0.717) is 17.4 Å². The third-order valence-electron chi connectivity index (χ3n) is 3.16. The molecule has 0 aliphatic heterocycles. The normalized spacial score (nSPS) is 12.5. The van der Waals surface area contributed by atoms with Crippen LogP contribution in [0.3, 0.4) is 0 Å². The van der Waals surface area contributed by atoms with E-state index in [9.17, 15) is 4.39 Å². The van der Waals surface area contributed by atoms with E-state index >= 15 is 0 Å². The van der Waals surface area contributed by atoms with Gasteiger partial charge in [0.05, 0.1) is 5.69 Å². The van der Waals surface area contributed by atoms with Crippen molar-refractivity contribution in [3.63, 3.8) is 0 Å². The number of rotatable bonds is 6. The van der Waals surface area contributed by atoms with Gasteiger partial charge in [0, 0.05) is 18.3 Å². The molecule has 3 heteroatoms. The summed E-state index contributed by atoms with van der Waals surface area (Å²) in [4.78, 5) is 2.14. The maximum Gasteiger partial charge on any atom is 0.148 e. The monoisotopic (exact) mass is 238 g/mol. The first kappa shape index (κ1) is 13.8. The van der Waals surface area contributed by atoms with E-state index in [-0.39, 0.29) is 5.82 Å². The average Bonchev–Trinajstić information content (AvgIpc) is 2.31. The second-order valence-electron chi connectivity index (χ2n) is 4.52. The SMILES string of the molecule is CCCCN(c1ccc(N)cc1F)C(C)CC. The van der Waals surface area contributed by atoms with Gasteiger partial charge >= 0.3 is 0 Å². The fourth-order valence-electron chi connectivity index (χ4n) is 1.88. The lowest BCUT2D eigenvalue weighted by Crippen LogP contribution is -2.34. The minimum Gasteiger partial charge on any atom is -0.399 e. The van der Waals surface area contributed by atoms with Crippen LogP contribution in [0.4, 0.5) is 15.8 Å². The molecule has 0 saturated carbocycles. The van der Waals surface area contributed by atoms with Gasteiger partial charge in [-0.25, -0.2) is 4.39 Å². The summed E-state index contributed by atoms with van der Waals surface area (Å²) in [5, 5.41) is 0. The Kier molecular flexibility index (Phi) is 5.26. The van der Waals surface area contributed by atoms with Gasteiger partial charge in [-0.05, 0) is 38.0 Å². The van der Waals surface area contributed by atoms with Crippen molar-refractivity contribution < 1.29 is 4.39 Å². The smallest absolute Gasteiger partial charge is 0.148 e. The second-order valence-corrected chi connectivity index (χ2v) is 4.52. The summed E-state index contributed by atoms with van der Waals surface area (Å²) in [6, 6.07) is 5.29. The van der Waals surface area contributed by atoms with Gasteiger partial charge in [-0.2, -0.15) is 0 Å². The first-order chi connectivity index (χ1) is 8.10. The van der Waals surface area contributed by atoms with Gasteiger partial charge in [-0.15, -0.1) is 0 Å². The molecular formula is C14H23FN2. The van der Waals surface area contributed by atoms with Gasteiger partial charge in [-0.1, -0.05) is 20.3 Å². The van der Waals surface area contributed by atoms with E-state index in [1.54, 1.807) is 12.1 Å². The predicted molar refractivity (Wildman–Crippen MR) is 72.8 cm³/mol. The molecule has 1 rings (SSSR count). The highest BCUT2D eigenvalue weighted by Gasteiger charge is 2.16. The number of nitrogens with zero attached hydrogens (tertiary/aromatic N) is 1. The molecule has 0 heterocycles. The fourth-order valence-corrected chi connectivity index (χ4v) is 1.88. The minimum atomic E-state index is -0.221. The van der Waals surface area contributed by atoms with Crippen LogP contribution in [0, 0.1) is 5.82 Å². The number of hydrogen-bond donors (Lipinski definition) is 1. The topological polar surface area (TPSA) is 29.3 Å². The lowest BCUT2D eigenvalue weighted by molar-refractivity contribution is 0.565. The van der Waals surface area contributed by atoms with Crippen molar-refractivity contribution in [2.24, 2.45) is 0 Å². The van der Waals surface area contributed by atoms with Crippen LogP contribution in [0.1, 0.15) is 40.0 Å². The molecule has 1 aromatic carbocycles. The summed E-state index contributed by atoms with van der Waals surface area (Å²) in [6.45, 7) is 7.30. The van der Waals surface area contributed by atoms with E-state index in [0.717, 1.165) is 25.8 Å².